The van der Waals surface area contributed by atoms with Crippen molar-refractivity contribution in [1.82, 2.24) is 14.5 Å². The molecule has 24 heavy (non-hydrogen) atoms. The van der Waals surface area contributed by atoms with Crippen LogP contribution < -0.4 is 5.69 Å². The van der Waals surface area contributed by atoms with Gasteiger partial charge in [0.25, 0.3) is 0 Å². The number of hydrogen-bond donors (Lipinski definition) is 1. The fraction of sp³-hybridized carbons (Fsp3) is 0.400. The number of aromatic nitrogens is 3. The van der Waals surface area contributed by atoms with Gasteiger partial charge in [-0.25, -0.2) is 9.78 Å². The summed E-state index contributed by atoms with van der Waals surface area (Å²) in [4.78, 5) is 20.6. The third kappa shape index (κ3) is 2.77. The van der Waals surface area contributed by atoms with Gasteiger partial charge in [-0.15, -0.1) is 0 Å². The average Bonchev–Trinajstić information content (AvgIpc) is 2.93. The van der Waals surface area contributed by atoms with E-state index in [2.05, 4.69) is 25.8 Å². The van der Waals surface area contributed by atoms with E-state index in [1.54, 1.807) is 0 Å². The van der Waals surface area contributed by atoms with Crippen LogP contribution in [-0.4, -0.2) is 14.5 Å². The van der Waals surface area contributed by atoms with Crippen LogP contribution in [0.1, 0.15) is 39.1 Å². The highest BCUT2D eigenvalue weighted by molar-refractivity contribution is 5.83. The van der Waals surface area contributed by atoms with E-state index in [9.17, 15) is 4.79 Å². The molecule has 0 bridgehead atoms. The van der Waals surface area contributed by atoms with Crippen LogP contribution in [0.2, 0.25) is 0 Å². The molecule has 2 aliphatic heterocycles. The number of H-pyrrole nitrogens is 1. The Labute approximate surface area is 142 Å². The third-order valence-corrected chi connectivity index (χ3v) is 4.41. The fourth-order valence-corrected chi connectivity index (χ4v) is 3.37. The molecule has 126 valence electrons. The van der Waals surface area contributed by atoms with E-state index < -0.39 is 0 Å². The summed E-state index contributed by atoms with van der Waals surface area (Å²) in [6, 6.07) is 10.1. The second-order valence-corrected chi connectivity index (χ2v) is 6.60. The molecule has 0 saturated carbocycles. The lowest BCUT2D eigenvalue weighted by molar-refractivity contribution is 0.575. The first-order chi connectivity index (χ1) is 11.6. The highest BCUT2D eigenvalue weighted by atomic mass is 16.1. The Kier molecular flexibility index (Phi) is 4.56. The zero-order chi connectivity index (χ0) is 17.3. The topological polar surface area (TPSA) is 50.7 Å². The predicted octanol–water partition coefficient (Wildman–Crippen LogP) is 4.12. The summed E-state index contributed by atoms with van der Waals surface area (Å²) >= 11 is 0. The van der Waals surface area contributed by atoms with Crippen molar-refractivity contribution >= 4 is 0 Å². The van der Waals surface area contributed by atoms with Crippen LogP contribution in [0.3, 0.4) is 0 Å². The van der Waals surface area contributed by atoms with Crippen LogP contribution >= 0.6 is 0 Å². The van der Waals surface area contributed by atoms with Crippen LogP contribution in [0, 0.1) is 5.92 Å². The summed E-state index contributed by atoms with van der Waals surface area (Å²) < 4.78 is 1.86. The van der Waals surface area contributed by atoms with Gasteiger partial charge in [0.15, 0.2) is 0 Å². The van der Waals surface area contributed by atoms with E-state index in [1.807, 2.05) is 41.8 Å². The zero-order valence-electron chi connectivity index (χ0n) is 14.9. The monoisotopic (exact) mass is 323 g/mol. The van der Waals surface area contributed by atoms with Crippen molar-refractivity contribution in [3.05, 3.63) is 52.2 Å². The van der Waals surface area contributed by atoms with Crippen molar-refractivity contribution in [2.75, 3.05) is 0 Å². The largest absolute Gasteiger partial charge is 0.326 e. The van der Waals surface area contributed by atoms with Gasteiger partial charge >= 0.3 is 5.69 Å². The molecule has 1 aromatic rings. The average molecular weight is 323 g/mol. The molecule has 2 aliphatic rings. The van der Waals surface area contributed by atoms with Gasteiger partial charge in [0, 0.05) is 23.4 Å². The lowest BCUT2D eigenvalue weighted by Crippen LogP contribution is -2.28. The molecule has 3 rings (SSSR count). The Bertz CT molecular complexity index is 859. The summed E-state index contributed by atoms with van der Waals surface area (Å²) in [6.07, 6.45) is 1.73. The van der Waals surface area contributed by atoms with Gasteiger partial charge in [-0.2, -0.15) is 0 Å². The SMILES string of the molecule is CCc1nc(-c2ccccc2)c2[nH]c(=O)n(CC)c(CC(C)C)c1-2. The summed E-state index contributed by atoms with van der Waals surface area (Å²) in [5.74, 6) is 0.479. The van der Waals surface area contributed by atoms with E-state index >= 15 is 0 Å². The molecule has 0 spiro atoms. The van der Waals surface area contributed by atoms with Gasteiger partial charge < -0.3 is 4.98 Å². The van der Waals surface area contributed by atoms with Gasteiger partial charge in [-0.1, -0.05) is 51.1 Å². The Morgan fingerprint density at radius 3 is 2.46 bits per heavy atom. The smallest absolute Gasteiger partial charge is 0.305 e. The highest BCUT2D eigenvalue weighted by Crippen LogP contribution is 2.37. The minimum absolute atomic E-state index is 0.0483. The molecule has 0 unspecified atom stereocenters. The first-order valence-corrected chi connectivity index (χ1v) is 8.76. The van der Waals surface area contributed by atoms with Gasteiger partial charge in [-0.3, -0.25) is 4.57 Å². The van der Waals surface area contributed by atoms with Crippen LogP contribution in [0.15, 0.2) is 35.1 Å². The number of nitrogens with one attached hydrogen (secondary N) is 1. The molecule has 0 fully saturated rings. The number of hydrogen-bond acceptors (Lipinski definition) is 2. The van der Waals surface area contributed by atoms with Crippen molar-refractivity contribution in [2.24, 2.45) is 5.92 Å². The van der Waals surface area contributed by atoms with Crippen molar-refractivity contribution in [3.8, 4) is 22.5 Å². The molecule has 0 aliphatic carbocycles. The Hall–Kier alpha value is -2.36. The lowest BCUT2D eigenvalue weighted by atomic mass is 9.98. The van der Waals surface area contributed by atoms with Gasteiger partial charge in [0.2, 0.25) is 0 Å². The normalized spacial score (nSPS) is 11.5. The van der Waals surface area contributed by atoms with E-state index in [4.69, 9.17) is 4.98 Å². The van der Waals surface area contributed by atoms with Crippen LogP contribution in [0.4, 0.5) is 0 Å². The molecule has 4 heteroatoms. The second-order valence-electron chi connectivity index (χ2n) is 6.60. The molecule has 1 N–H and O–H groups in total. The molecule has 2 heterocycles. The number of benzene rings is 1. The highest BCUT2D eigenvalue weighted by Gasteiger charge is 2.25. The second kappa shape index (κ2) is 6.63. The van der Waals surface area contributed by atoms with E-state index in [1.165, 1.54) is 0 Å². The molecule has 0 amide bonds. The molecule has 0 aromatic heterocycles. The Morgan fingerprint density at radius 2 is 1.88 bits per heavy atom. The number of rotatable bonds is 5. The molecular weight excluding hydrogens is 298 g/mol. The van der Waals surface area contributed by atoms with Gasteiger partial charge in [-0.05, 0) is 25.7 Å². The molecule has 0 radical (unpaired) electrons. The van der Waals surface area contributed by atoms with Crippen molar-refractivity contribution in [2.45, 2.75) is 47.1 Å². The van der Waals surface area contributed by atoms with Crippen molar-refractivity contribution < 1.29 is 0 Å². The molecular formula is C20H25N3O. The standard InChI is InChI=1S/C20H25N3O/c1-5-15-17-16(12-13(3)4)23(6-2)20(24)22-19(17)18(21-15)14-10-8-7-9-11-14/h7-11,13H,5-6,12H2,1-4H3,(H,22,24). The fourth-order valence-electron chi connectivity index (χ4n) is 3.37. The van der Waals surface area contributed by atoms with Crippen LogP contribution in [0.5, 0.6) is 0 Å². The number of nitrogens with zero attached hydrogens (tertiary/aromatic N) is 2. The van der Waals surface area contributed by atoms with Crippen molar-refractivity contribution in [3.63, 3.8) is 0 Å². The van der Waals surface area contributed by atoms with Crippen LogP contribution in [0.25, 0.3) is 22.5 Å². The molecule has 4 nitrogen and oxygen atoms in total. The first kappa shape index (κ1) is 16.5. The quantitative estimate of drug-likeness (QED) is 0.767. The van der Waals surface area contributed by atoms with Gasteiger partial charge in [0.05, 0.1) is 17.1 Å². The maximum atomic E-state index is 12.6. The lowest BCUT2D eigenvalue weighted by Gasteiger charge is -2.18. The minimum Gasteiger partial charge on any atom is -0.305 e. The van der Waals surface area contributed by atoms with E-state index in [0.717, 1.165) is 46.7 Å². The van der Waals surface area contributed by atoms with E-state index in [-0.39, 0.29) is 5.69 Å². The summed E-state index contributed by atoms with van der Waals surface area (Å²) in [6.45, 7) is 9.19. The maximum absolute atomic E-state index is 12.6. The third-order valence-electron chi connectivity index (χ3n) is 4.41. The molecule has 0 atom stereocenters. The zero-order valence-corrected chi connectivity index (χ0v) is 14.9. The Balaban J connectivity index is 2.34. The van der Waals surface area contributed by atoms with Crippen LogP contribution in [-0.2, 0) is 19.4 Å². The maximum Gasteiger partial charge on any atom is 0.326 e. The molecule has 0 saturated heterocycles. The number of aromatic amines is 1. The summed E-state index contributed by atoms with van der Waals surface area (Å²) in [5, 5.41) is 0. The van der Waals surface area contributed by atoms with Gasteiger partial charge in [0.1, 0.15) is 0 Å². The minimum atomic E-state index is -0.0483. The molecule has 1 aromatic carbocycles. The Morgan fingerprint density at radius 1 is 1.17 bits per heavy atom. The van der Waals surface area contributed by atoms with E-state index in [0.29, 0.717) is 12.5 Å². The van der Waals surface area contributed by atoms with Crippen molar-refractivity contribution in [1.29, 1.82) is 0 Å². The first-order valence-electron chi connectivity index (χ1n) is 8.76. The predicted molar refractivity (Wildman–Crippen MR) is 98.5 cm³/mol. The summed E-state index contributed by atoms with van der Waals surface area (Å²) in [5.41, 5.74) is 6.06. The summed E-state index contributed by atoms with van der Waals surface area (Å²) in [7, 11) is 0. The number of fused-ring (bicyclic) bond motifs is 1. The number of aryl methyl sites for hydroxylation is 1.